The first kappa shape index (κ1) is 21.0. The summed E-state index contributed by atoms with van der Waals surface area (Å²) in [4.78, 5) is 29.2. The Morgan fingerprint density at radius 2 is 2.00 bits per heavy atom. The molecule has 1 aliphatic rings. The summed E-state index contributed by atoms with van der Waals surface area (Å²) in [6, 6.07) is 7.38. The Labute approximate surface area is 171 Å². The number of para-hydroxylation sites is 1. The Morgan fingerprint density at radius 1 is 1.24 bits per heavy atom. The third-order valence-corrected chi connectivity index (χ3v) is 5.32. The molecule has 2 aromatic rings. The molecular weight excluding hydrogens is 370 g/mol. The van der Waals surface area contributed by atoms with E-state index in [1.807, 2.05) is 45.0 Å². The number of nitrogens with one attached hydrogen (secondary N) is 2. The van der Waals surface area contributed by atoms with Crippen LogP contribution in [0.25, 0.3) is 11.5 Å². The molecule has 7 nitrogen and oxygen atoms in total. The van der Waals surface area contributed by atoms with Crippen LogP contribution in [0.2, 0.25) is 0 Å². The lowest BCUT2D eigenvalue weighted by molar-refractivity contribution is -0.125. The molecule has 0 bridgehead atoms. The van der Waals surface area contributed by atoms with Gasteiger partial charge in [0, 0.05) is 12.5 Å². The largest absolute Gasteiger partial charge is 0.441 e. The number of carbonyl (C=O) groups excluding carboxylic acids is 2. The summed E-state index contributed by atoms with van der Waals surface area (Å²) >= 11 is 0. The number of hydrogen-bond acceptors (Lipinski definition) is 5. The van der Waals surface area contributed by atoms with Crippen molar-refractivity contribution in [1.82, 2.24) is 10.3 Å². The van der Waals surface area contributed by atoms with Crippen LogP contribution < -0.4 is 10.6 Å². The standard InChI is InChI=1S/C22H29N3O4/c1-4-15(5-2)20(26)23-13-18-14(3)29-22(25-18)16-9-6-7-10-17(16)24-21(27)19-11-8-12-28-19/h6-7,9-10,15,19H,4-5,8,11-13H2,1-3H3,(H,23,26)(H,24,27)/t19-/m1/s1. The monoisotopic (exact) mass is 399 g/mol. The molecule has 1 saturated heterocycles. The smallest absolute Gasteiger partial charge is 0.253 e. The maximum absolute atomic E-state index is 12.4. The van der Waals surface area contributed by atoms with E-state index in [-0.39, 0.29) is 17.7 Å². The number of benzene rings is 1. The third kappa shape index (κ3) is 5.03. The first-order valence-electron chi connectivity index (χ1n) is 10.3. The number of amides is 2. The number of hydrogen-bond donors (Lipinski definition) is 2. The molecule has 1 aromatic carbocycles. The Balaban J connectivity index is 1.73. The summed E-state index contributed by atoms with van der Waals surface area (Å²) in [5, 5.41) is 5.87. The Morgan fingerprint density at radius 3 is 2.69 bits per heavy atom. The van der Waals surface area contributed by atoms with Crippen LogP contribution in [-0.2, 0) is 20.9 Å². The summed E-state index contributed by atoms with van der Waals surface area (Å²) in [7, 11) is 0. The van der Waals surface area contributed by atoms with E-state index in [0.29, 0.717) is 41.7 Å². The van der Waals surface area contributed by atoms with Crippen molar-refractivity contribution in [3.05, 3.63) is 35.7 Å². The molecule has 0 spiro atoms. The molecule has 1 aromatic heterocycles. The van der Waals surface area contributed by atoms with Gasteiger partial charge in [0.05, 0.1) is 17.8 Å². The lowest BCUT2D eigenvalue weighted by Crippen LogP contribution is -2.29. The lowest BCUT2D eigenvalue weighted by Gasteiger charge is -2.12. The van der Waals surface area contributed by atoms with Gasteiger partial charge in [-0.3, -0.25) is 9.59 Å². The second-order valence-corrected chi connectivity index (χ2v) is 7.29. The van der Waals surface area contributed by atoms with Crippen molar-refractivity contribution < 1.29 is 18.7 Å². The zero-order chi connectivity index (χ0) is 20.8. The summed E-state index contributed by atoms with van der Waals surface area (Å²) in [5.74, 6) is 0.942. The van der Waals surface area contributed by atoms with E-state index < -0.39 is 6.10 Å². The molecule has 0 unspecified atom stereocenters. The van der Waals surface area contributed by atoms with Crippen LogP contribution in [0.15, 0.2) is 28.7 Å². The second-order valence-electron chi connectivity index (χ2n) is 7.29. The fourth-order valence-corrected chi connectivity index (χ4v) is 3.46. The zero-order valence-corrected chi connectivity index (χ0v) is 17.3. The third-order valence-electron chi connectivity index (χ3n) is 5.32. The molecule has 7 heteroatoms. The van der Waals surface area contributed by atoms with Gasteiger partial charge in [0.1, 0.15) is 17.6 Å². The molecule has 2 N–H and O–H groups in total. The maximum atomic E-state index is 12.4. The van der Waals surface area contributed by atoms with Crippen molar-refractivity contribution in [1.29, 1.82) is 0 Å². The fraction of sp³-hybridized carbons (Fsp3) is 0.500. The van der Waals surface area contributed by atoms with Gasteiger partial charge in [-0.2, -0.15) is 0 Å². The van der Waals surface area contributed by atoms with Crippen LogP contribution in [0.1, 0.15) is 51.0 Å². The van der Waals surface area contributed by atoms with E-state index in [0.717, 1.165) is 25.7 Å². The summed E-state index contributed by atoms with van der Waals surface area (Å²) < 4.78 is 11.3. The number of anilines is 1. The van der Waals surface area contributed by atoms with Crippen molar-refractivity contribution in [3.8, 4) is 11.5 Å². The van der Waals surface area contributed by atoms with Crippen molar-refractivity contribution in [2.24, 2.45) is 5.92 Å². The highest BCUT2D eigenvalue weighted by Crippen LogP contribution is 2.29. The maximum Gasteiger partial charge on any atom is 0.253 e. The van der Waals surface area contributed by atoms with Gasteiger partial charge in [0.2, 0.25) is 11.8 Å². The minimum Gasteiger partial charge on any atom is -0.441 e. The van der Waals surface area contributed by atoms with Gasteiger partial charge in [0.25, 0.3) is 5.91 Å². The van der Waals surface area contributed by atoms with Crippen molar-refractivity contribution >= 4 is 17.5 Å². The van der Waals surface area contributed by atoms with Crippen molar-refractivity contribution in [2.45, 2.75) is 59.1 Å². The highest BCUT2D eigenvalue weighted by molar-refractivity contribution is 5.97. The number of oxazole rings is 1. The molecule has 0 aliphatic carbocycles. The molecular formula is C22H29N3O4. The Bertz CT molecular complexity index is 851. The molecule has 3 rings (SSSR count). The van der Waals surface area contributed by atoms with Gasteiger partial charge in [-0.1, -0.05) is 26.0 Å². The van der Waals surface area contributed by atoms with Crippen LogP contribution >= 0.6 is 0 Å². The van der Waals surface area contributed by atoms with E-state index in [4.69, 9.17) is 9.15 Å². The molecule has 2 amide bonds. The first-order chi connectivity index (χ1) is 14.0. The number of ether oxygens (including phenoxy) is 1. The fourth-order valence-electron chi connectivity index (χ4n) is 3.46. The van der Waals surface area contributed by atoms with E-state index in [1.165, 1.54) is 0 Å². The molecule has 156 valence electrons. The van der Waals surface area contributed by atoms with Gasteiger partial charge in [-0.25, -0.2) is 4.98 Å². The zero-order valence-electron chi connectivity index (χ0n) is 17.3. The first-order valence-corrected chi connectivity index (χ1v) is 10.3. The molecule has 1 atom stereocenters. The van der Waals surface area contributed by atoms with Gasteiger partial charge in [0.15, 0.2) is 0 Å². The van der Waals surface area contributed by atoms with Gasteiger partial charge in [-0.05, 0) is 44.7 Å². The van der Waals surface area contributed by atoms with Gasteiger partial charge < -0.3 is 19.8 Å². The van der Waals surface area contributed by atoms with Crippen LogP contribution in [0.3, 0.4) is 0 Å². The van der Waals surface area contributed by atoms with Crippen LogP contribution in [-0.4, -0.2) is 29.5 Å². The molecule has 29 heavy (non-hydrogen) atoms. The van der Waals surface area contributed by atoms with Crippen molar-refractivity contribution in [3.63, 3.8) is 0 Å². The molecule has 1 aliphatic heterocycles. The number of carbonyl (C=O) groups is 2. The number of aryl methyl sites for hydroxylation is 1. The predicted molar refractivity (Wildman–Crippen MR) is 110 cm³/mol. The molecule has 2 heterocycles. The Kier molecular flexibility index (Phi) is 7.04. The average molecular weight is 399 g/mol. The lowest BCUT2D eigenvalue weighted by atomic mass is 10.0. The van der Waals surface area contributed by atoms with Crippen LogP contribution in [0, 0.1) is 12.8 Å². The van der Waals surface area contributed by atoms with Gasteiger partial charge >= 0.3 is 0 Å². The summed E-state index contributed by atoms with van der Waals surface area (Å²) in [6.07, 6.45) is 2.83. The van der Waals surface area contributed by atoms with E-state index in [2.05, 4.69) is 15.6 Å². The Hall–Kier alpha value is -2.67. The second kappa shape index (κ2) is 9.69. The molecule has 0 saturated carbocycles. The van der Waals surface area contributed by atoms with Crippen molar-refractivity contribution in [2.75, 3.05) is 11.9 Å². The van der Waals surface area contributed by atoms with Crippen LogP contribution in [0.5, 0.6) is 0 Å². The van der Waals surface area contributed by atoms with E-state index in [1.54, 1.807) is 0 Å². The number of nitrogens with zero attached hydrogens (tertiary/aromatic N) is 1. The number of aromatic nitrogens is 1. The normalized spacial score (nSPS) is 16.2. The summed E-state index contributed by atoms with van der Waals surface area (Å²) in [6.45, 7) is 6.77. The minimum atomic E-state index is -0.412. The highest BCUT2D eigenvalue weighted by atomic mass is 16.5. The van der Waals surface area contributed by atoms with E-state index in [9.17, 15) is 9.59 Å². The topological polar surface area (TPSA) is 93.5 Å². The molecule has 0 radical (unpaired) electrons. The predicted octanol–water partition coefficient (Wildman–Crippen LogP) is 3.82. The van der Waals surface area contributed by atoms with Gasteiger partial charge in [-0.15, -0.1) is 0 Å². The number of rotatable bonds is 8. The van der Waals surface area contributed by atoms with E-state index >= 15 is 0 Å². The average Bonchev–Trinajstić information content (AvgIpc) is 3.38. The minimum absolute atomic E-state index is 0.00965. The SMILES string of the molecule is CCC(CC)C(=O)NCc1nc(-c2ccccc2NC(=O)[C@H]2CCCO2)oc1C. The van der Waals surface area contributed by atoms with Crippen LogP contribution in [0.4, 0.5) is 5.69 Å². The quantitative estimate of drug-likeness (QED) is 0.704. The molecule has 1 fully saturated rings. The highest BCUT2D eigenvalue weighted by Gasteiger charge is 2.25. The summed E-state index contributed by atoms with van der Waals surface area (Å²) in [5.41, 5.74) is 2.00.